The highest BCUT2D eigenvalue weighted by atomic mass is 35.5. The second kappa shape index (κ2) is 6.79. The first-order valence-electron chi connectivity index (χ1n) is 5.77. The number of hydrogen-bond acceptors (Lipinski definition) is 4. The van der Waals surface area contributed by atoms with Gasteiger partial charge in [0.2, 0.25) is 0 Å². The van der Waals surface area contributed by atoms with Crippen LogP contribution in [0.1, 0.15) is 32.4 Å². The fourth-order valence-electron chi connectivity index (χ4n) is 1.54. The Morgan fingerprint density at radius 3 is 2.53 bits per heavy atom. The minimum absolute atomic E-state index is 0.0463. The average Bonchev–Trinajstić information content (AvgIpc) is 2.26. The lowest BCUT2D eigenvalue weighted by Crippen LogP contribution is -2.33. The van der Waals surface area contributed by atoms with Crippen molar-refractivity contribution in [1.82, 2.24) is 5.32 Å². The first kappa shape index (κ1) is 15.8. The molecule has 0 fully saturated rings. The molecule has 0 bridgehead atoms. The van der Waals surface area contributed by atoms with Gasteiger partial charge in [0, 0.05) is 17.3 Å². The monoisotopic (exact) mass is 301 g/mol. The Hall–Kier alpha value is -1.24. The van der Waals surface area contributed by atoms with Gasteiger partial charge in [-0.25, -0.2) is 0 Å². The second-order valence-electron chi connectivity index (χ2n) is 4.42. The number of aliphatic hydroxyl groups excluding tert-OH is 1. The van der Waals surface area contributed by atoms with Gasteiger partial charge in [-0.2, -0.15) is 0 Å². The summed E-state index contributed by atoms with van der Waals surface area (Å²) in [7, 11) is 0. The van der Waals surface area contributed by atoms with Crippen LogP contribution in [0.5, 0.6) is 0 Å². The van der Waals surface area contributed by atoms with Gasteiger partial charge >= 0.3 is 0 Å². The highest BCUT2D eigenvalue weighted by Gasteiger charge is 2.15. The standard InChI is InChI=1S/C12H16ClN3O2S/c1-6(2)14-12(19)15-8-4-9(7(3)17)11(16-18)10(13)5-8/h4-7,17H,1-3H3,(H2,14,15,19). The lowest BCUT2D eigenvalue weighted by atomic mass is 10.1. The van der Waals surface area contributed by atoms with Gasteiger partial charge in [-0.3, -0.25) is 0 Å². The maximum absolute atomic E-state index is 10.7. The Labute approximate surface area is 122 Å². The van der Waals surface area contributed by atoms with Crippen molar-refractivity contribution in [3.63, 3.8) is 0 Å². The van der Waals surface area contributed by atoms with Gasteiger partial charge in [0.15, 0.2) is 5.11 Å². The van der Waals surface area contributed by atoms with Crippen molar-refractivity contribution in [3.05, 3.63) is 27.6 Å². The molecular weight excluding hydrogens is 286 g/mol. The van der Waals surface area contributed by atoms with Crippen molar-refractivity contribution in [3.8, 4) is 0 Å². The van der Waals surface area contributed by atoms with Crippen LogP contribution < -0.4 is 10.6 Å². The Bertz CT molecular complexity index is 492. The zero-order valence-electron chi connectivity index (χ0n) is 10.9. The van der Waals surface area contributed by atoms with E-state index < -0.39 is 6.10 Å². The summed E-state index contributed by atoms with van der Waals surface area (Å²) < 4.78 is 0. The summed E-state index contributed by atoms with van der Waals surface area (Å²) in [5.41, 5.74) is 0.994. The van der Waals surface area contributed by atoms with Crippen LogP contribution in [0, 0.1) is 4.91 Å². The van der Waals surface area contributed by atoms with E-state index in [1.807, 2.05) is 13.8 Å². The third-order valence-electron chi connectivity index (χ3n) is 2.31. The first-order valence-corrected chi connectivity index (χ1v) is 6.56. The molecule has 0 heterocycles. The highest BCUT2D eigenvalue weighted by molar-refractivity contribution is 7.80. The Morgan fingerprint density at radius 2 is 2.05 bits per heavy atom. The smallest absolute Gasteiger partial charge is 0.170 e. The molecule has 0 aliphatic heterocycles. The molecule has 0 amide bonds. The molecule has 7 heteroatoms. The van der Waals surface area contributed by atoms with E-state index in [0.29, 0.717) is 16.4 Å². The van der Waals surface area contributed by atoms with Crippen molar-refractivity contribution in [2.24, 2.45) is 5.18 Å². The van der Waals surface area contributed by atoms with Crippen LogP contribution >= 0.6 is 23.8 Å². The number of halogens is 1. The number of nitrogens with one attached hydrogen (secondary N) is 2. The van der Waals surface area contributed by atoms with Gasteiger partial charge in [-0.05, 0) is 50.3 Å². The zero-order chi connectivity index (χ0) is 14.6. The van der Waals surface area contributed by atoms with Gasteiger partial charge in [0.1, 0.15) is 5.69 Å². The average molecular weight is 302 g/mol. The van der Waals surface area contributed by atoms with E-state index in [2.05, 4.69) is 15.8 Å². The first-order chi connectivity index (χ1) is 8.85. The van der Waals surface area contributed by atoms with Gasteiger partial charge in [-0.15, -0.1) is 4.91 Å². The van der Waals surface area contributed by atoms with Gasteiger partial charge in [-0.1, -0.05) is 11.6 Å². The topological polar surface area (TPSA) is 73.7 Å². The molecule has 104 valence electrons. The van der Waals surface area contributed by atoms with Crippen LogP contribution in [0.2, 0.25) is 5.02 Å². The molecule has 1 aromatic carbocycles. The minimum atomic E-state index is -0.849. The molecule has 3 N–H and O–H groups in total. The van der Waals surface area contributed by atoms with E-state index >= 15 is 0 Å². The van der Waals surface area contributed by atoms with Gasteiger partial charge in [0.05, 0.1) is 11.1 Å². The molecule has 0 saturated heterocycles. The predicted molar refractivity (Wildman–Crippen MR) is 82.0 cm³/mol. The molecule has 0 saturated carbocycles. The van der Waals surface area contributed by atoms with Crippen LogP contribution in [0.25, 0.3) is 0 Å². The number of rotatable bonds is 4. The number of hydrogen-bond donors (Lipinski definition) is 3. The van der Waals surface area contributed by atoms with Crippen molar-refractivity contribution >= 4 is 40.3 Å². The quantitative estimate of drug-likeness (QED) is 0.586. The second-order valence-corrected chi connectivity index (χ2v) is 5.23. The van der Waals surface area contributed by atoms with E-state index in [4.69, 9.17) is 23.8 Å². The third kappa shape index (κ3) is 4.41. The molecule has 19 heavy (non-hydrogen) atoms. The lowest BCUT2D eigenvalue weighted by molar-refractivity contribution is 0.200. The summed E-state index contributed by atoms with van der Waals surface area (Å²) in [5, 5.41) is 19.0. The van der Waals surface area contributed by atoms with Crippen molar-refractivity contribution in [1.29, 1.82) is 0 Å². The number of aliphatic hydroxyl groups is 1. The number of benzene rings is 1. The Morgan fingerprint density at radius 1 is 1.42 bits per heavy atom. The van der Waals surface area contributed by atoms with E-state index in [-0.39, 0.29) is 16.8 Å². The molecule has 1 unspecified atom stereocenters. The van der Waals surface area contributed by atoms with E-state index in [1.54, 1.807) is 12.1 Å². The predicted octanol–water partition coefficient (Wildman–Crippen LogP) is 3.49. The van der Waals surface area contributed by atoms with Crippen LogP contribution in [0.15, 0.2) is 17.3 Å². The maximum atomic E-state index is 10.7. The third-order valence-corrected chi connectivity index (χ3v) is 2.82. The molecule has 0 aliphatic rings. The molecule has 1 aromatic rings. The Balaban J connectivity index is 3.04. The van der Waals surface area contributed by atoms with Gasteiger partial charge in [0.25, 0.3) is 0 Å². The fourth-order valence-corrected chi connectivity index (χ4v) is 2.15. The van der Waals surface area contributed by atoms with E-state index in [1.165, 1.54) is 6.92 Å². The summed E-state index contributed by atoms with van der Waals surface area (Å²) in [6.45, 7) is 5.46. The maximum Gasteiger partial charge on any atom is 0.170 e. The number of nitroso groups, excluding NO2 is 1. The molecule has 0 radical (unpaired) electrons. The lowest BCUT2D eigenvalue weighted by Gasteiger charge is -2.15. The molecule has 0 aromatic heterocycles. The summed E-state index contributed by atoms with van der Waals surface area (Å²) in [6.07, 6.45) is -0.849. The van der Waals surface area contributed by atoms with Crippen LogP contribution in [0.3, 0.4) is 0 Å². The largest absolute Gasteiger partial charge is 0.389 e. The SMILES string of the molecule is CC(C)NC(=S)Nc1cc(Cl)c(N=O)c(C(C)O)c1. The number of nitrogens with zero attached hydrogens (tertiary/aromatic N) is 1. The number of thiocarbonyl (C=S) groups is 1. The molecule has 1 rings (SSSR count). The summed E-state index contributed by atoms with van der Waals surface area (Å²) in [6, 6.07) is 3.34. The molecule has 1 atom stereocenters. The molecule has 0 spiro atoms. The summed E-state index contributed by atoms with van der Waals surface area (Å²) in [5.74, 6) is 0. The zero-order valence-corrected chi connectivity index (χ0v) is 12.5. The molecule has 5 nitrogen and oxygen atoms in total. The van der Waals surface area contributed by atoms with E-state index in [9.17, 15) is 10.0 Å². The Kier molecular flexibility index (Phi) is 5.65. The highest BCUT2D eigenvalue weighted by Crippen LogP contribution is 2.35. The van der Waals surface area contributed by atoms with Crippen molar-refractivity contribution in [2.45, 2.75) is 32.9 Å². The summed E-state index contributed by atoms with van der Waals surface area (Å²) >= 11 is 11.1. The van der Waals surface area contributed by atoms with Crippen LogP contribution in [-0.2, 0) is 0 Å². The van der Waals surface area contributed by atoms with E-state index in [0.717, 1.165) is 0 Å². The molecule has 0 aliphatic carbocycles. The molecular formula is C12H16ClN3O2S. The van der Waals surface area contributed by atoms with Crippen molar-refractivity contribution < 1.29 is 5.11 Å². The van der Waals surface area contributed by atoms with Crippen molar-refractivity contribution in [2.75, 3.05) is 5.32 Å². The van der Waals surface area contributed by atoms with Crippen LogP contribution in [0.4, 0.5) is 11.4 Å². The summed E-state index contributed by atoms with van der Waals surface area (Å²) in [4.78, 5) is 10.7. The minimum Gasteiger partial charge on any atom is -0.389 e. The fraction of sp³-hybridized carbons (Fsp3) is 0.417. The van der Waals surface area contributed by atoms with Crippen LogP contribution in [-0.4, -0.2) is 16.3 Å². The van der Waals surface area contributed by atoms with Gasteiger partial charge < -0.3 is 15.7 Å². The normalized spacial score (nSPS) is 12.1. The number of anilines is 1.